The maximum absolute atomic E-state index is 13.9. The number of aromatic nitrogens is 4. The molecule has 2 aliphatic rings. The highest BCUT2D eigenvalue weighted by Gasteiger charge is 2.40. The van der Waals surface area contributed by atoms with Crippen molar-refractivity contribution in [3.8, 4) is 11.1 Å². The number of amides is 3. The van der Waals surface area contributed by atoms with Crippen molar-refractivity contribution < 1.29 is 23.9 Å². The fourth-order valence-corrected chi connectivity index (χ4v) is 9.27. The number of benzene rings is 5. The molecule has 4 heterocycles. The third-order valence-corrected chi connectivity index (χ3v) is 12.4. The number of hydrogen-bond acceptors (Lipinski definition) is 8. The molecule has 0 radical (unpaired) electrons. The number of carbonyl (C=O) groups excluding carboxylic acids is 3. The summed E-state index contributed by atoms with van der Waals surface area (Å²) in [5.41, 5.74) is 13.0. The fourth-order valence-electron chi connectivity index (χ4n) is 9.27. The molecule has 2 aromatic heterocycles. The van der Waals surface area contributed by atoms with Gasteiger partial charge in [-0.1, -0.05) is 80.6 Å². The van der Waals surface area contributed by atoms with E-state index in [0.29, 0.717) is 19.7 Å². The van der Waals surface area contributed by atoms with E-state index in [1.54, 1.807) is 7.11 Å². The van der Waals surface area contributed by atoms with E-state index >= 15 is 0 Å². The van der Waals surface area contributed by atoms with Crippen LogP contribution in [0.5, 0.6) is 0 Å². The summed E-state index contributed by atoms with van der Waals surface area (Å²) in [6.45, 7) is 5.52. The van der Waals surface area contributed by atoms with Crippen LogP contribution < -0.4 is 11.1 Å². The lowest BCUT2D eigenvalue weighted by Gasteiger charge is -2.29. The lowest BCUT2D eigenvalue weighted by molar-refractivity contribution is -0.135. The molecular weight excluding hydrogens is 757 g/mol. The second-order valence-corrected chi connectivity index (χ2v) is 16.5. The number of rotatable bonds is 10. The Morgan fingerprint density at radius 3 is 2.00 bits per heavy atom. The first-order valence-electron chi connectivity index (χ1n) is 20.7. The highest BCUT2D eigenvalue weighted by atomic mass is 16.5. The molecule has 308 valence electrons. The van der Waals surface area contributed by atoms with E-state index in [1.165, 1.54) is 7.11 Å². The molecule has 13 nitrogen and oxygen atoms in total. The molecule has 60 heavy (non-hydrogen) atoms. The Labute approximate surface area is 347 Å². The first kappa shape index (κ1) is 39.2. The molecule has 1 unspecified atom stereocenters. The van der Waals surface area contributed by atoms with Crippen LogP contribution in [0.1, 0.15) is 68.4 Å². The number of ether oxygens (including phenoxy) is 2. The zero-order valence-corrected chi connectivity index (χ0v) is 34.3. The van der Waals surface area contributed by atoms with Crippen LogP contribution in [0.15, 0.2) is 91.0 Å². The zero-order chi connectivity index (χ0) is 41.7. The van der Waals surface area contributed by atoms with Gasteiger partial charge in [-0.15, -0.1) is 0 Å². The number of imidazole rings is 2. The SMILES string of the molecule is COC[C@H]1C[C@@H](c2nc3c(ccc4cc(-c5ccc6c(ccc7[nH]c([C@@H]8CCCN8C(=O)C(NC(=O)OC)C(C)C)nc76)c5)ccc43)[nH]2)N(C(=O)[C@H](N)c2ccccc2)C1. The summed E-state index contributed by atoms with van der Waals surface area (Å²) in [7, 11) is 2.99. The Morgan fingerprint density at radius 2 is 1.42 bits per heavy atom. The number of carbonyl (C=O) groups is 3. The number of alkyl carbamates (subject to hydrolysis) is 1. The van der Waals surface area contributed by atoms with Gasteiger partial charge in [0.25, 0.3) is 0 Å². The predicted molar refractivity (Wildman–Crippen MR) is 232 cm³/mol. The summed E-state index contributed by atoms with van der Waals surface area (Å²) in [6.07, 6.45) is 1.73. The summed E-state index contributed by atoms with van der Waals surface area (Å²) in [5.74, 6) is 1.29. The van der Waals surface area contributed by atoms with Crippen molar-refractivity contribution in [3.05, 3.63) is 108 Å². The lowest BCUT2D eigenvalue weighted by Crippen LogP contribution is -2.51. The quantitative estimate of drug-likeness (QED) is 0.109. The van der Waals surface area contributed by atoms with Gasteiger partial charge in [0.2, 0.25) is 11.8 Å². The number of hydrogen-bond donors (Lipinski definition) is 4. The van der Waals surface area contributed by atoms with Crippen LogP contribution in [-0.4, -0.2) is 87.6 Å². The molecule has 2 fully saturated rings. The van der Waals surface area contributed by atoms with Crippen LogP contribution in [-0.2, 0) is 19.1 Å². The highest BCUT2D eigenvalue weighted by Crippen LogP contribution is 2.39. The van der Waals surface area contributed by atoms with Crippen molar-refractivity contribution in [1.29, 1.82) is 0 Å². The third-order valence-electron chi connectivity index (χ3n) is 12.4. The number of methoxy groups -OCH3 is 2. The normalized spacial score (nSPS) is 19.2. The van der Waals surface area contributed by atoms with Gasteiger partial charge in [0.1, 0.15) is 23.7 Å². The van der Waals surface area contributed by atoms with Gasteiger partial charge in [-0.25, -0.2) is 14.8 Å². The van der Waals surface area contributed by atoms with Crippen molar-refractivity contribution in [3.63, 3.8) is 0 Å². The molecule has 2 aliphatic heterocycles. The van der Waals surface area contributed by atoms with Gasteiger partial charge >= 0.3 is 6.09 Å². The molecule has 3 amide bonds. The summed E-state index contributed by atoms with van der Waals surface area (Å²) in [4.78, 5) is 60.7. The largest absolute Gasteiger partial charge is 0.453 e. The van der Waals surface area contributed by atoms with Crippen LogP contribution in [0.25, 0.3) is 54.7 Å². The molecule has 0 spiro atoms. The number of nitrogens with one attached hydrogen (secondary N) is 3. The van der Waals surface area contributed by atoms with Gasteiger partial charge in [-0.05, 0) is 76.9 Å². The van der Waals surface area contributed by atoms with Crippen molar-refractivity contribution in [2.75, 3.05) is 33.9 Å². The Morgan fingerprint density at radius 1 is 0.800 bits per heavy atom. The van der Waals surface area contributed by atoms with E-state index in [2.05, 4.69) is 69.9 Å². The van der Waals surface area contributed by atoms with Gasteiger partial charge < -0.3 is 40.3 Å². The van der Waals surface area contributed by atoms with Crippen LogP contribution >= 0.6 is 0 Å². The Bertz CT molecular complexity index is 2740. The summed E-state index contributed by atoms with van der Waals surface area (Å²) < 4.78 is 10.3. The van der Waals surface area contributed by atoms with Crippen molar-refractivity contribution in [1.82, 2.24) is 35.1 Å². The van der Waals surface area contributed by atoms with E-state index in [9.17, 15) is 14.4 Å². The molecule has 5 N–H and O–H groups in total. The van der Waals surface area contributed by atoms with Crippen LogP contribution in [0.4, 0.5) is 4.79 Å². The zero-order valence-electron chi connectivity index (χ0n) is 34.3. The van der Waals surface area contributed by atoms with Gasteiger partial charge in [0.15, 0.2) is 0 Å². The van der Waals surface area contributed by atoms with Crippen molar-refractivity contribution >= 4 is 61.5 Å². The van der Waals surface area contributed by atoms with E-state index in [-0.39, 0.29) is 35.7 Å². The molecule has 7 aromatic rings. The van der Waals surface area contributed by atoms with E-state index < -0.39 is 18.2 Å². The molecular formula is C47H50N8O5. The Hall–Kier alpha value is -6.31. The Kier molecular flexibility index (Phi) is 10.5. The summed E-state index contributed by atoms with van der Waals surface area (Å²) in [5, 5.41) is 6.88. The predicted octanol–water partition coefficient (Wildman–Crippen LogP) is 7.69. The standard InChI is InChI=1S/C47H50N8O5/c1-26(2)40(53-47(58)60-4)46(57)54-20-8-11-37(54)43-49-35-18-14-31-22-29(12-16-33(31)41(35)51-43)30-13-17-34-32(23-30)15-19-36-42(34)52-44(50-36)38-21-27(25-59-3)24-55(38)45(56)39(48)28-9-6-5-7-10-28/h5-7,9-10,12-19,22-23,26-27,37-40H,8,11,20-21,24-25,48H2,1-4H3,(H,49,51)(H,50,52)(H,53,58)/t27-,37-,38-,39+,40?/m0/s1. The maximum Gasteiger partial charge on any atom is 0.407 e. The minimum absolute atomic E-state index is 0.111. The second-order valence-electron chi connectivity index (χ2n) is 16.5. The van der Waals surface area contributed by atoms with Gasteiger partial charge in [-0.2, -0.15) is 0 Å². The molecule has 2 saturated heterocycles. The smallest absolute Gasteiger partial charge is 0.407 e. The summed E-state index contributed by atoms with van der Waals surface area (Å²) >= 11 is 0. The molecule has 5 aromatic carbocycles. The topological polar surface area (TPSA) is 172 Å². The van der Waals surface area contributed by atoms with E-state index in [4.69, 9.17) is 25.2 Å². The van der Waals surface area contributed by atoms with E-state index in [1.807, 2.05) is 60.0 Å². The van der Waals surface area contributed by atoms with E-state index in [0.717, 1.165) is 91.2 Å². The minimum Gasteiger partial charge on any atom is -0.453 e. The molecule has 9 rings (SSSR count). The van der Waals surface area contributed by atoms with Gasteiger partial charge in [0, 0.05) is 36.9 Å². The molecule has 0 bridgehead atoms. The number of H-pyrrole nitrogens is 2. The highest BCUT2D eigenvalue weighted by molar-refractivity contribution is 6.07. The third kappa shape index (κ3) is 7.11. The number of nitrogens with two attached hydrogens (primary N) is 1. The van der Waals surface area contributed by atoms with Crippen LogP contribution in [0, 0.1) is 11.8 Å². The van der Waals surface area contributed by atoms with Crippen molar-refractivity contribution in [2.45, 2.75) is 57.3 Å². The van der Waals surface area contributed by atoms with Gasteiger partial charge in [-0.3, -0.25) is 9.59 Å². The van der Waals surface area contributed by atoms with Crippen molar-refractivity contribution in [2.24, 2.45) is 17.6 Å². The molecule has 5 atom stereocenters. The molecule has 0 saturated carbocycles. The average molecular weight is 807 g/mol. The number of nitrogens with zero attached hydrogens (tertiary/aromatic N) is 4. The fraction of sp³-hybridized carbons (Fsp3) is 0.340. The van der Waals surface area contributed by atoms with Gasteiger partial charge in [0.05, 0.1) is 47.9 Å². The van der Waals surface area contributed by atoms with Crippen LogP contribution in [0.3, 0.4) is 0 Å². The number of likely N-dealkylation sites (tertiary alicyclic amines) is 2. The second kappa shape index (κ2) is 16.0. The Balaban J connectivity index is 0.983. The number of fused-ring (bicyclic) bond motifs is 6. The van der Waals surface area contributed by atoms with Crippen LogP contribution in [0.2, 0.25) is 0 Å². The lowest BCUT2D eigenvalue weighted by atomic mass is 9.98. The monoisotopic (exact) mass is 806 g/mol. The summed E-state index contributed by atoms with van der Waals surface area (Å²) in [6, 6.07) is 28.8. The molecule has 13 heteroatoms. The first-order valence-corrected chi connectivity index (χ1v) is 20.7. The maximum atomic E-state index is 13.9. The first-order chi connectivity index (χ1) is 29.1. The number of aromatic amines is 2. The average Bonchev–Trinajstić information content (AvgIpc) is 4.10. The minimum atomic E-state index is -0.765. The molecule has 0 aliphatic carbocycles.